The van der Waals surface area contributed by atoms with E-state index >= 15 is 0 Å². The predicted octanol–water partition coefficient (Wildman–Crippen LogP) is 5.52. The molecule has 0 spiro atoms. The van der Waals surface area contributed by atoms with Gasteiger partial charge in [-0.15, -0.1) is 11.8 Å². The maximum absolute atomic E-state index is 6.13. The van der Waals surface area contributed by atoms with Crippen LogP contribution in [0.3, 0.4) is 0 Å². The van der Waals surface area contributed by atoms with E-state index < -0.39 is 0 Å². The van der Waals surface area contributed by atoms with Gasteiger partial charge in [-0.3, -0.25) is 0 Å². The van der Waals surface area contributed by atoms with E-state index in [1.54, 1.807) is 0 Å². The zero-order valence-electron chi connectivity index (χ0n) is 11.6. The van der Waals surface area contributed by atoms with Gasteiger partial charge in [0.2, 0.25) is 0 Å². The molecule has 1 aliphatic rings. The quantitative estimate of drug-likeness (QED) is 0.681. The van der Waals surface area contributed by atoms with Crippen molar-refractivity contribution < 1.29 is 0 Å². The van der Waals surface area contributed by atoms with Crippen LogP contribution in [0.15, 0.2) is 47.4 Å². The van der Waals surface area contributed by atoms with Crippen LogP contribution in [0.2, 0.25) is 10.0 Å². The third kappa shape index (κ3) is 3.87. The third-order valence-electron chi connectivity index (χ3n) is 3.40. The van der Waals surface area contributed by atoms with Crippen LogP contribution in [0, 0.1) is 0 Å². The van der Waals surface area contributed by atoms with Crippen LogP contribution in [-0.2, 0) is 0 Å². The lowest BCUT2D eigenvalue weighted by Crippen LogP contribution is -2.33. The minimum Gasteiger partial charge on any atom is -0.356 e. The lowest BCUT2D eigenvalue weighted by atomic mass is 10.0. The Labute approximate surface area is 149 Å². The summed E-state index contributed by atoms with van der Waals surface area (Å²) < 4.78 is 0. The zero-order valence-corrected chi connectivity index (χ0v) is 14.8. The Bertz CT molecular complexity index is 706. The maximum Gasteiger partial charge on any atom is 0.171 e. The van der Waals surface area contributed by atoms with Gasteiger partial charge in [0.25, 0.3) is 0 Å². The smallest absolute Gasteiger partial charge is 0.171 e. The van der Waals surface area contributed by atoms with Gasteiger partial charge >= 0.3 is 0 Å². The highest BCUT2D eigenvalue weighted by Gasteiger charge is 2.21. The maximum atomic E-state index is 6.13. The van der Waals surface area contributed by atoms with E-state index in [1.165, 1.54) is 10.5 Å². The Kier molecular flexibility index (Phi) is 5.14. The second-order valence-corrected chi connectivity index (χ2v) is 7.40. The molecule has 0 fully saturated rings. The summed E-state index contributed by atoms with van der Waals surface area (Å²) in [5.74, 6) is 1.06. The van der Waals surface area contributed by atoms with Gasteiger partial charge in [0.15, 0.2) is 5.11 Å². The van der Waals surface area contributed by atoms with Crippen molar-refractivity contribution in [2.45, 2.75) is 17.4 Å². The summed E-state index contributed by atoms with van der Waals surface area (Å²) in [5.41, 5.74) is 2.08. The molecule has 22 heavy (non-hydrogen) atoms. The molecule has 1 atom stereocenters. The fourth-order valence-corrected chi connectivity index (χ4v) is 4.14. The first kappa shape index (κ1) is 15.9. The number of halogens is 2. The van der Waals surface area contributed by atoms with Gasteiger partial charge in [-0.25, -0.2) is 0 Å². The van der Waals surface area contributed by atoms with Gasteiger partial charge in [0, 0.05) is 26.4 Å². The van der Waals surface area contributed by atoms with Gasteiger partial charge in [0.05, 0.1) is 6.04 Å². The number of thiocarbonyl (C=S) groups is 1. The number of rotatable bonds is 2. The molecule has 2 aromatic rings. The van der Waals surface area contributed by atoms with Crippen molar-refractivity contribution in [3.63, 3.8) is 0 Å². The number of nitrogens with one attached hydrogen (secondary N) is 2. The fraction of sp³-hybridized carbons (Fsp3) is 0.188. The van der Waals surface area contributed by atoms with Crippen LogP contribution in [0.5, 0.6) is 0 Å². The molecule has 0 bridgehead atoms. The monoisotopic (exact) mass is 368 g/mol. The Morgan fingerprint density at radius 2 is 1.95 bits per heavy atom. The molecule has 1 aliphatic heterocycles. The number of hydrogen-bond donors (Lipinski definition) is 2. The van der Waals surface area contributed by atoms with Crippen LogP contribution in [-0.4, -0.2) is 10.9 Å². The molecule has 6 heteroatoms. The lowest BCUT2D eigenvalue weighted by molar-refractivity contribution is 0.614. The molecule has 0 saturated carbocycles. The van der Waals surface area contributed by atoms with E-state index in [9.17, 15) is 0 Å². The lowest BCUT2D eigenvalue weighted by Gasteiger charge is -2.27. The van der Waals surface area contributed by atoms with Gasteiger partial charge in [-0.05, 0) is 60.6 Å². The molecule has 114 valence electrons. The number of thioether (sulfide) groups is 1. The topological polar surface area (TPSA) is 24.1 Å². The summed E-state index contributed by atoms with van der Waals surface area (Å²) in [7, 11) is 0. The molecule has 0 aliphatic carbocycles. The molecule has 2 nitrogen and oxygen atoms in total. The SMILES string of the molecule is S=C(Nc1cccc(Cl)c1)NC1CCSc2ccc(Cl)cc21. The summed E-state index contributed by atoms with van der Waals surface area (Å²) in [4.78, 5) is 1.26. The van der Waals surface area contributed by atoms with Crippen LogP contribution in [0.4, 0.5) is 5.69 Å². The van der Waals surface area contributed by atoms with Gasteiger partial charge in [-0.1, -0.05) is 29.3 Å². The van der Waals surface area contributed by atoms with Crippen molar-refractivity contribution in [3.05, 3.63) is 58.1 Å². The first-order valence-electron chi connectivity index (χ1n) is 6.87. The summed E-state index contributed by atoms with van der Waals surface area (Å²) in [5, 5.41) is 8.57. The minimum atomic E-state index is 0.175. The molecule has 1 heterocycles. The molecule has 2 aromatic carbocycles. The van der Waals surface area contributed by atoms with E-state index in [0.717, 1.165) is 22.9 Å². The normalized spacial score (nSPS) is 16.7. The molecule has 3 rings (SSSR count). The second kappa shape index (κ2) is 7.09. The molecule has 0 radical (unpaired) electrons. The average molecular weight is 369 g/mol. The molecule has 0 amide bonds. The van der Waals surface area contributed by atoms with E-state index in [4.69, 9.17) is 35.4 Å². The Hall–Kier alpha value is -0.940. The van der Waals surface area contributed by atoms with Crippen LogP contribution >= 0.6 is 47.2 Å². The van der Waals surface area contributed by atoms with Gasteiger partial charge < -0.3 is 10.6 Å². The highest BCUT2D eigenvalue weighted by molar-refractivity contribution is 7.99. The van der Waals surface area contributed by atoms with Crippen LogP contribution < -0.4 is 10.6 Å². The van der Waals surface area contributed by atoms with Gasteiger partial charge in [-0.2, -0.15) is 0 Å². The average Bonchev–Trinajstić information content (AvgIpc) is 2.48. The number of hydrogen-bond acceptors (Lipinski definition) is 2. The van der Waals surface area contributed by atoms with Crippen molar-refractivity contribution in [2.24, 2.45) is 0 Å². The molecule has 1 unspecified atom stereocenters. The molecular formula is C16H14Cl2N2S2. The van der Waals surface area contributed by atoms with E-state index in [1.807, 2.05) is 48.2 Å². The second-order valence-electron chi connectivity index (χ2n) is 4.98. The van der Waals surface area contributed by atoms with E-state index in [-0.39, 0.29) is 6.04 Å². The number of benzene rings is 2. The first-order chi connectivity index (χ1) is 10.6. The zero-order chi connectivity index (χ0) is 15.5. The van der Waals surface area contributed by atoms with Crippen molar-refractivity contribution in [2.75, 3.05) is 11.1 Å². The van der Waals surface area contributed by atoms with Crippen LogP contribution in [0.1, 0.15) is 18.0 Å². The third-order valence-corrected chi connectivity index (χ3v) is 5.21. The molecule has 2 N–H and O–H groups in total. The van der Waals surface area contributed by atoms with Gasteiger partial charge in [0.1, 0.15) is 0 Å². The van der Waals surface area contributed by atoms with Crippen molar-refractivity contribution in [1.29, 1.82) is 0 Å². The standard InChI is InChI=1S/C16H14Cl2N2S2/c17-10-2-1-3-12(8-10)19-16(21)20-14-6-7-22-15-5-4-11(18)9-13(14)15/h1-5,8-9,14H,6-7H2,(H2,19,20,21). The summed E-state index contributed by atoms with van der Waals surface area (Å²) in [6, 6.07) is 13.7. The van der Waals surface area contributed by atoms with Crippen LogP contribution in [0.25, 0.3) is 0 Å². The Balaban J connectivity index is 1.71. The summed E-state index contributed by atoms with van der Waals surface area (Å²) >= 11 is 19.4. The molecule has 0 aromatic heterocycles. The van der Waals surface area contributed by atoms with Crippen molar-refractivity contribution in [1.82, 2.24) is 5.32 Å². The summed E-state index contributed by atoms with van der Waals surface area (Å²) in [6.45, 7) is 0. The summed E-state index contributed by atoms with van der Waals surface area (Å²) in [6.07, 6.45) is 1.01. The largest absolute Gasteiger partial charge is 0.356 e. The molecule has 0 saturated heterocycles. The van der Waals surface area contributed by atoms with E-state index in [2.05, 4.69) is 16.7 Å². The molecular weight excluding hydrogens is 355 g/mol. The van der Waals surface area contributed by atoms with E-state index in [0.29, 0.717) is 10.1 Å². The van der Waals surface area contributed by atoms with Crippen molar-refractivity contribution in [3.8, 4) is 0 Å². The Morgan fingerprint density at radius 1 is 1.14 bits per heavy atom. The highest BCUT2D eigenvalue weighted by Crippen LogP contribution is 2.37. The predicted molar refractivity (Wildman–Crippen MR) is 100 cm³/mol. The van der Waals surface area contributed by atoms with Crippen molar-refractivity contribution >= 4 is 58.0 Å². The fourth-order valence-electron chi connectivity index (χ4n) is 2.41. The number of anilines is 1. The number of fused-ring (bicyclic) bond motifs is 1. The Morgan fingerprint density at radius 3 is 2.77 bits per heavy atom. The first-order valence-corrected chi connectivity index (χ1v) is 9.02. The highest BCUT2D eigenvalue weighted by atomic mass is 35.5. The minimum absolute atomic E-state index is 0.175.